The van der Waals surface area contributed by atoms with Crippen molar-refractivity contribution in [3.63, 3.8) is 0 Å². The molecule has 1 aliphatic rings. The van der Waals surface area contributed by atoms with Crippen LogP contribution in [0.15, 0.2) is 0 Å². The Morgan fingerprint density at radius 2 is 2.00 bits per heavy atom. The topological polar surface area (TPSA) is 9.23 Å². The van der Waals surface area contributed by atoms with Crippen molar-refractivity contribution in [2.24, 2.45) is 0 Å². The Balaban J connectivity index is 1.88. The quantitative estimate of drug-likeness (QED) is 0.580. The maximum atomic E-state index is 12.7. The SMILES string of the molecule is CCCCCCC[C@@H]1C[C@H](F)CO1. The first-order valence-corrected chi connectivity index (χ1v) is 5.58. The number of halogens is 1. The number of hydrogen-bond acceptors (Lipinski definition) is 1. The molecule has 1 saturated heterocycles. The van der Waals surface area contributed by atoms with Crippen molar-refractivity contribution in [3.05, 3.63) is 0 Å². The second kappa shape index (κ2) is 6.36. The lowest BCUT2D eigenvalue weighted by atomic mass is 10.1. The molecule has 1 rings (SSSR count). The van der Waals surface area contributed by atoms with E-state index in [1.54, 1.807) is 0 Å². The Hall–Kier alpha value is -0.110. The minimum Gasteiger partial charge on any atom is -0.375 e. The summed E-state index contributed by atoms with van der Waals surface area (Å²) in [4.78, 5) is 0. The highest BCUT2D eigenvalue weighted by Crippen LogP contribution is 2.21. The zero-order valence-corrected chi connectivity index (χ0v) is 8.60. The van der Waals surface area contributed by atoms with E-state index in [-0.39, 0.29) is 6.10 Å². The van der Waals surface area contributed by atoms with Crippen LogP contribution in [-0.2, 0) is 4.74 Å². The highest BCUT2D eigenvalue weighted by molar-refractivity contribution is 4.72. The van der Waals surface area contributed by atoms with Gasteiger partial charge in [-0.15, -0.1) is 0 Å². The van der Waals surface area contributed by atoms with E-state index in [2.05, 4.69) is 6.92 Å². The van der Waals surface area contributed by atoms with Crippen LogP contribution in [0.3, 0.4) is 0 Å². The molecule has 2 atom stereocenters. The van der Waals surface area contributed by atoms with Crippen molar-refractivity contribution in [1.29, 1.82) is 0 Å². The van der Waals surface area contributed by atoms with Crippen LogP contribution in [0.4, 0.5) is 4.39 Å². The van der Waals surface area contributed by atoms with E-state index in [1.165, 1.54) is 32.1 Å². The van der Waals surface area contributed by atoms with Crippen molar-refractivity contribution in [3.8, 4) is 0 Å². The molecule has 0 spiro atoms. The van der Waals surface area contributed by atoms with Gasteiger partial charge < -0.3 is 4.74 Å². The van der Waals surface area contributed by atoms with Gasteiger partial charge in [-0.3, -0.25) is 0 Å². The summed E-state index contributed by atoms with van der Waals surface area (Å²) in [6, 6.07) is 0. The third kappa shape index (κ3) is 4.61. The molecule has 0 N–H and O–H groups in total. The van der Waals surface area contributed by atoms with Crippen LogP contribution in [0, 0.1) is 0 Å². The van der Waals surface area contributed by atoms with Gasteiger partial charge in [0.2, 0.25) is 0 Å². The van der Waals surface area contributed by atoms with Crippen molar-refractivity contribution in [2.75, 3.05) is 6.61 Å². The van der Waals surface area contributed by atoms with Crippen LogP contribution in [0.5, 0.6) is 0 Å². The fourth-order valence-electron chi connectivity index (χ4n) is 1.84. The van der Waals surface area contributed by atoms with Crippen LogP contribution in [0.25, 0.3) is 0 Å². The van der Waals surface area contributed by atoms with E-state index in [0.29, 0.717) is 13.0 Å². The van der Waals surface area contributed by atoms with Crippen LogP contribution in [0.2, 0.25) is 0 Å². The molecule has 0 radical (unpaired) electrons. The minimum atomic E-state index is -0.694. The number of alkyl halides is 1. The summed E-state index contributed by atoms with van der Waals surface area (Å²) in [5.74, 6) is 0. The highest BCUT2D eigenvalue weighted by Gasteiger charge is 2.23. The molecule has 0 bridgehead atoms. The molecule has 0 aliphatic carbocycles. The summed E-state index contributed by atoms with van der Waals surface area (Å²) < 4.78 is 18.0. The molecule has 0 aromatic rings. The molecule has 0 aromatic carbocycles. The third-order valence-corrected chi connectivity index (χ3v) is 2.66. The Morgan fingerprint density at radius 1 is 1.23 bits per heavy atom. The second-order valence-corrected chi connectivity index (χ2v) is 3.99. The zero-order chi connectivity index (χ0) is 9.52. The summed E-state index contributed by atoms with van der Waals surface area (Å²) >= 11 is 0. The fourth-order valence-corrected chi connectivity index (χ4v) is 1.84. The largest absolute Gasteiger partial charge is 0.375 e. The summed E-state index contributed by atoms with van der Waals surface area (Å²) in [6.45, 7) is 2.55. The predicted octanol–water partition coefficient (Wildman–Crippen LogP) is 3.47. The van der Waals surface area contributed by atoms with E-state index < -0.39 is 6.17 Å². The number of rotatable bonds is 6. The van der Waals surface area contributed by atoms with Gasteiger partial charge in [0.15, 0.2) is 0 Å². The van der Waals surface area contributed by atoms with Gasteiger partial charge in [-0.25, -0.2) is 4.39 Å². The van der Waals surface area contributed by atoms with Gasteiger partial charge in [0.1, 0.15) is 6.17 Å². The van der Waals surface area contributed by atoms with Crippen LogP contribution in [-0.4, -0.2) is 18.9 Å². The van der Waals surface area contributed by atoms with Gasteiger partial charge in [0, 0.05) is 6.42 Å². The van der Waals surface area contributed by atoms with Crippen LogP contribution in [0.1, 0.15) is 51.9 Å². The van der Waals surface area contributed by atoms with E-state index >= 15 is 0 Å². The second-order valence-electron chi connectivity index (χ2n) is 3.99. The van der Waals surface area contributed by atoms with Crippen molar-refractivity contribution in [2.45, 2.75) is 64.1 Å². The zero-order valence-electron chi connectivity index (χ0n) is 8.60. The lowest BCUT2D eigenvalue weighted by Gasteiger charge is -2.07. The van der Waals surface area contributed by atoms with E-state index in [1.807, 2.05) is 0 Å². The molecule has 1 heterocycles. The van der Waals surface area contributed by atoms with Gasteiger partial charge >= 0.3 is 0 Å². The lowest BCUT2D eigenvalue weighted by Crippen LogP contribution is -2.04. The molecular weight excluding hydrogens is 167 g/mol. The molecular formula is C11H21FO. The summed E-state index contributed by atoms with van der Waals surface area (Å²) in [5.41, 5.74) is 0. The summed E-state index contributed by atoms with van der Waals surface area (Å²) in [7, 11) is 0. The highest BCUT2D eigenvalue weighted by atomic mass is 19.1. The van der Waals surface area contributed by atoms with Crippen LogP contribution < -0.4 is 0 Å². The Labute approximate surface area is 80.7 Å². The standard InChI is InChI=1S/C11H21FO/c1-2-3-4-5-6-7-11-8-10(12)9-13-11/h10-11H,2-9H2,1H3/t10-,11+/m0/s1. The number of hydrogen-bond donors (Lipinski definition) is 0. The first-order valence-electron chi connectivity index (χ1n) is 5.58. The van der Waals surface area contributed by atoms with Gasteiger partial charge in [0.25, 0.3) is 0 Å². The lowest BCUT2D eigenvalue weighted by molar-refractivity contribution is 0.0949. The average molecular weight is 188 g/mol. The minimum absolute atomic E-state index is 0.219. The normalized spacial score (nSPS) is 28.2. The first-order chi connectivity index (χ1) is 6.33. The Kier molecular flexibility index (Phi) is 5.37. The van der Waals surface area contributed by atoms with Gasteiger partial charge in [0.05, 0.1) is 12.7 Å². The molecule has 1 fully saturated rings. The smallest absolute Gasteiger partial charge is 0.126 e. The van der Waals surface area contributed by atoms with Crippen molar-refractivity contribution < 1.29 is 9.13 Å². The maximum absolute atomic E-state index is 12.7. The molecule has 0 amide bonds. The molecule has 0 aromatic heterocycles. The number of unbranched alkanes of at least 4 members (excludes halogenated alkanes) is 4. The number of ether oxygens (including phenoxy) is 1. The van der Waals surface area contributed by atoms with Gasteiger partial charge in [-0.1, -0.05) is 39.0 Å². The van der Waals surface area contributed by atoms with Crippen molar-refractivity contribution in [1.82, 2.24) is 0 Å². The first kappa shape index (κ1) is 11.0. The fraction of sp³-hybridized carbons (Fsp3) is 1.00. The van der Waals surface area contributed by atoms with Gasteiger partial charge in [-0.05, 0) is 6.42 Å². The summed E-state index contributed by atoms with van der Waals surface area (Å²) in [5, 5.41) is 0. The molecule has 1 aliphatic heterocycles. The molecule has 0 saturated carbocycles. The predicted molar refractivity (Wildman–Crippen MR) is 52.6 cm³/mol. The Morgan fingerprint density at radius 3 is 2.62 bits per heavy atom. The maximum Gasteiger partial charge on any atom is 0.126 e. The van der Waals surface area contributed by atoms with Gasteiger partial charge in [-0.2, -0.15) is 0 Å². The third-order valence-electron chi connectivity index (χ3n) is 2.66. The van der Waals surface area contributed by atoms with E-state index in [4.69, 9.17) is 4.74 Å². The van der Waals surface area contributed by atoms with E-state index in [9.17, 15) is 4.39 Å². The molecule has 78 valence electrons. The summed E-state index contributed by atoms with van der Waals surface area (Å²) in [6.07, 6.45) is 7.64. The monoisotopic (exact) mass is 188 g/mol. The van der Waals surface area contributed by atoms with E-state index in [0.717, 1.165) is 6.42 Å². The Bertz CT molecular complexity index is 127. The van der Waals surface area contributed by atoms with Crippen molar-refractivity contribution >= 4 is 0 Å². The molecule has 1 nitrogen and oxygen atoms in total. The average Bonchev–Trinajstić information content (AvgIpc) is 2.51. The molecule has 2 heteroatoms. The molecule has 13 heavy (non-hydrogen) atoms. The molecule has 0 unspecified atom stereocenters. The van der Waals surface area contributed by atoms with Crippen LogP contribution >= 0.6 is 0 Å².